The maximum atomic E-state index is 12.3. The number of nitrogens with two attached hydrogens (primary N) is 1. The van der Waals surface area contributed by atoms with Gasteiger partial charge in [-0.3, -0.25) is 4.79 Å². The molecule has 0 spiro atoms. The maximum Gasteiger partial charge on any atom is 0.240 e. The van der Waals surface area contributed by atoms with Crippen LogP contribution < -0.4 is 11.1 Å². The van der Waals surface area contributed by atoms with Crippen LogP contribution in [0.15, 0.2) is 0 Å². The highest BCUT2D eigenvalue weighted by Crippen LogP contribution is 2.37. The van der Waals surface area contributed by atoms with Gasteiger partial charge in [-0.1, -0.05) is 39.5 Å². The topological polar surface area (TPSA) is 55.1 Å². The first kappa shape index (κ1) is 12.9. The second-order valence-electron chi connectivity index (χ2n) is 6.62. The monoisotopic (exact) mass is 238 g/mol. The van der Waals surface area contributed by atoms with Crippen LogP contribution in [-0.2, 0) is 4.79 Å². The fourth-order valence-electron chi connectivity index (χ4n) is 3.31. The molecule has 2 aliphatic rings. The molecule has 0 aromatic heterocycles. The summed E-state index contributed by atoms with van der Waals surface area (Å²) in [6.45, 7) is 4.49. The number of rotatable bonds is 2. The van der Waals surface area contributed by atoms with Crippen molar-refractivity contribution in [1.29, 1.82) is 0 Å². The molecule has 0 saturated heterocycles. The molecule has 0 heterocycles. The van der Waals surface area contributed by atoms with E-state index in [-0.39, 0.29) is 11.3 Å². The van der Waals surface area contributed by atoms with Crippen molar-refractivity contribution in [1.82, 2.24) is 5.32 Å². The van der Waals surface area contributed by atoms with Gasteiger partial charge < -0.3 is 11.1 Å². The smallest absolute Gasteiger partial charge is 0.240 e. The van der Waals surface area contributed by atoms with E-state index in [2.05, 4.69) is 19.2 Å². The van der Waals surface area contributed by atoms with Gasteiger partial charge in [-0.15, -0.1) is 0 Å². The SMILES string of the molecule is CC1(C)CCCC1NC(=O)C1(N)CCCCC1. The van der Waals surface area contributed by atoms with Crippen LogP contribution in [0.4, 0.5) is 0 Å². The number of hydrogen-bond acceptors (Lipinski definition) is 2. The molecule has 3 N–H and O–H groups in total. The summed E-state index contributed by atoms with van der Waals surface area (Å²) in [6, 6.07) is 0.317. The average molecular weight is 238 g/mol. The molecule has 0 aromatic rings. The second-order valence-corrected chi connectivity index (χ2v) is 6.62. The number of carbonyl (C=O) groups is 1. The quantitative estimate of drug-likeness (QED) is 0.776. The Hall–Kier alpha value is -0.570. The Morgan fingerprint density at radius 3 is 2.29 bits per heavy atom. The molecule has 1 atom stereocenters. The standard InChI is InChI=1S/C14H26N2O/c1-13(2)8-6-7-11(13)16-12(17)14(15)9-4-3-5-10-14/h11H,3-10,15H2,1-2H3,(H,16,17). The third kappa shape index (κ3) is 2.65. The van der Waals surface area contributed by atoms with E-state index < -0.39 is 5.54 Å². The summed E-state index contributed by atoms with van der Waals surface area (Å²) in [6.07, 6.45) is 8.65. The van der Waals surface area contributed by atoms with E-state index >= 15 is 0 Å². The molecular weight excluding hydrogens is 212 g/mol. The van der Waals surface area contributed by atoms with Gasteiger partial charge in [0, 0.05) is 6.04 Å². The third-order valence-electron chi connectivity index (χ3n) is 4.76. The molecule has 0 aliphatic heterocycles. The Morgan fingerprint density at radius 2 is 1.76 bits per heavy atom. The van der Waals surface area contributed by atoms with Gasteiger partial charge in [-0.2, -0.15) is 0 Å². The van der Waals surface area contributed by atoms with Crippen LogP contribution in [0.2, 0.25) is 0 Å². The zero-order chi connectivity index (χ0) is 12.5. The van der Waals surface area contributed by atoms with Crippen LogP contribution in [-0.4, -0.2) is 17.5 Å². The van der Waals surface area contributed by atoms with E-state index in [4.69, 9.17) is 5.73 Å². The first-order valence-corrected chi connectivity index (χ1v) is 7.04. The first-order valence-electron chi connectivity index (χ1n) is 7.04. The Kier molecular flexibility index (Phi) is 3.48. The van der Waals surface area contributed by atoms with Gasteiger partial charge in [0.2, 0.25) is 5.91 Å². The molecule has 0 bridgehead atoms. The summed E-state index contributed by atoms with van der Waals surface area (Å²) in [5, 5.41) is 3.22. The minimum absolute atomic E-state index is 0.0946. The van der Waals surface area contributed by atoms with E-state index in [1.165, 1.54) is 19.3 Å². The van der Waals surface area contributed by atoms with Gasteiger partial charge in [0.15, 0.2) is 0 Å². The molecule has 2 fully saturated rings. The minimum atomic E-state index is -0.586. The molecule has 3 heteroatoms. The van der Waals surface area contributed by atoms with Crippen molar-refractivity contribution in [3.63, 3.8) is 0 Å². The van der Waals surface area contributed by atoms with Crippen LogP contribution in [0, 0.1) is 5.41 Å². The van der Waals surface area contributed by atoms with Crippen molar-refractivity contribution in [3.05, 3.63) is 0 Å². The van der Waals surface area contributed by atoms with Crippen molar-refractivity contribution in [3.8, 4) is 0 Å². The van der Waals surface area contributed by atoms with Crippen LogP contribution in [0.1, 0.15) is 65.2 Å². The molecule has 2 saturated carbocycles. The number of amides is 1. The normalized spacial score (nSPS) is 31.1. The number of nitrogens with one attached hydrogen (secondary N) is 1. The third-order valence-corrected chi connectivity index (χ3v) is 4.76. The summed E-state index contributed by atoms with van der Waals surface area (Å²) >= 11 is 0. The van der Waals surface area contributed by atoms with Crippen molar-refractivity contribution in [2.24, 2.45) is 11.1 Å². The molecule has 1 amide bonds. The molecule has 0 aromatic carbocycles. The predicted octanol–water partition coefficient (Wildman–Crippen LogP) is 2.34. The summed E-state index contributed by atoms with van der Waals surface area (Å²) in [4.78, 5) is 12.3. The van der Waals surface area contributed by atoms with Crippen molar-refractivity contribution >= 4 is 5.91 Å². The number of carbonyl (C=O) groups excluding carboxylic acids is 1. The average Bonchev–Trinajstić information content (AvgIpc) is 2.59. The van der Waals surface area contributed by atoms with Crippen LogP contribution in [0.5, 0.6) is 0 Å². The van der Waals surface area contributed by atoms with Gasteiger partial charge in [0.25, 0.3) is 0 Å². The van der Waals surface area contributed by atoms with Crippen molar-refractivity contribution < 1.29 is 4.79 Å². The largest absolute Gasteiger partial charge is 0.351 e. The Balaban J connectivity index is 1.96. The van der Waals surface area contributed by atoms with Gasteiger partial charge in [-0.05, 0) is 31.1 Å². The Labute approximate surface area is 105 Å². The zero-order valence-electron chi connectivity index (χ0n) is 11.2. The van der Waals surface area contributed by atoms with Crippen molar-refractivity contribution in [2.45, 2.75) is 76.8 Å². The van der Waals surface area contributed by atoms with Gasteiger partial charge in [0.1, 0.15) is 0 Å². The molecule has 2 rings (SSSR count). The Bertz CT molecular complexity index is 293. The predicted molar refractivity (Wildman–Crippen MR) is 69.6 cm³/mol. The van der Waals surface area contributed by atoms with E-state index in [1.54, 1.807) is 0 Å². The van der Waals surface area contributed by atoms with Gasteiger partial charge >= 0.3 is 0 Å². The van der Waals surface area contributed by atoms with E-state index in [0.29, 0.717) is 6.04 Å². The molecular formula is C14H26N2O. The summed E-state index contributed by atoms with van der Waals surface area (Å²) in [5.41, 5.74) is 5.91. The lowest BCUT2D eigenvalue weighted by Gasteiger charge is -2.35. The lowest BCUT2D eigenvalue weighted by molar-refractivity contribution is -0.128. The highest BCUT2D eigenvalue weighted by Gasteiger charge is 2.40. The molecule has 1 unspecified atom stereocenters. The van der Waals surface area contributed by atoms with Crippen LogP contribution >= 0.6 is 0 Å². The van der Waals surface area contributed by atoms with E-state index in [9.17, 15) is 4.79 Å². The molecule has 3 nitrogen and oxygen atoms in total. The minimum Gasteiger partial charge on any atom is -0.351 e. The van der Waals surface area contributed by atoms with Crippen molar-refractivity contribution in [2.75, 3.05) is 0 Å². The summed E-state index contributed by atoms with van der Waals surface area (Å²) in [7, 11) is 0. The highest BCUT2D eigenvalue weighted by atomic mass is 16.2. The van der Waals surface area contributed by atoms with Gasteiger partial charge in [-0.25, -0.2) is 0 Å². The molecule has 98 valence electrons. The van der Waals surface area contributed by atoms with Gasteiger partial charge in [0.05, 0.1) is 5.54 Å². The lowest BCUT2D eigenvalue weighted by atomic mass is 9.80. The molecule has 0 radical (unpaired) electrons. The Morgan fingerprint density at radius 1 is 1.12 bits per heavy atom. The second kappa shape index (κ2) is 4.60. The van der Waals surface area contributed by atoms with Crippen LogP contribution in [0.3, 0.4) is 0 Å². The number of hydrogen-bond donors (Lipinski definition) is 2. The summed E-state index contributed by atoms with van der Waals surface area (Å²) < 4.78 is 0. The fourth-order valence-corrected chi connectivity index (χ4v) is 3.31. The zero-order valence-corrected chi connectivity index (χ0v) is 11.2. The molecule has 17 heavy (non-hydrogen) atoms. The molecule has 2 aliphatic carbocycles. The van der Waals surface area contributed by atoms with E-state index in [1.807, 2.05) is 0 Å². The van der Waals surface area contributed by atoms with E-state index in [0.717, 1.165) is 32.1 Å². The highest BCUT2D eigenvalue weighted by molar-refractivity contribution is 5.86. The van der Waals surface area contributed by atoms with Crippen LogP contribution in [0.25, 0.3) is 0 Å². The lowest BCUT2D eigenvalue weighted by Crippen LogP contribution is -2.58. The summed E-state index contributed by atoms with van der Waals surface area (Å²) in [5.74, 6) is 0.0946. The first-order chi connectivity index (χ1) is 7.94. The fraction of sp³-hybridized carbons (Fsp3) is 0.929. The maximum absolute atomic E-state index is 12.3.